The number of nitrogens with zero attached hydrogens (tertiary/aromatic N) is 3. The maximum atomic E-state index is 8.74. The molecule has 0 saturated heterocycles. The summed E-state index contributed by atoms with van der Waals surface area (Å²) < 4.78 is 4.97. The molecule has 16 heavy (non-hydrogen) atoms. The Morgan fingerprint density at radius 1 is 1.50 bits per heavy atom. The summed E-state index contributed by atoms with van der Waals surface area (Å²) in [7, 11) is 0. The molecule has 0 amide bonds. The highest BCUT2D eigenvalue weighted by Gasteiger charge is 2.05. The molecule has 0 radical (unpaired) electrons. The molecule has 0 aliphatic rings. The summed E-state index contributed by atoms with van der Waals surface area (Å²) in [6.45, 7) is 1.85. The van der Waals surface area contributed by atoms with Crippen LogP contribution in [0.15, 0.2) is 27.4 Å². The zero-order chi connectivity index (χ0) is 11.5. The van der Waals surface area contributed by atoms with Crippen LogP contribution in [0.25, 0.3) is 0 Å². The average molecular weight is 268 g/mol. The van der Waals surface area contributed by atoms with Crippen LogP contribution in [0.2, 0.25) is 5.02 Å². The first-order chi connectivity index (χ1) is 7.69. The molecule has 1 aromatic heterocycles. The van der Waals surface area contributed by atoms with E-state index in [2.05, 4.69) is 9.36 Å². The van der Waals surface area contributed by atoms with Crippen LogP contribution < -0.4 is 0 Å². The van der Waals surface area contributed by atoms with E-state index in [1.807, 2.05) is 19.1 Å². The SMILES string of the molecule is Cc1nsc(Sc2ccc(C#N)c(Cl)c2)n1. The van der Waals surface area contributed by atoms with Crippen molar-refractivity contribution in [1.82, 2.24) is 9.36 Å². The van der Waals surface area contributed by atoms with Crippen LogP contribution in [0.5, 0.6) is 0 Å². The fourth-order valence-corrected chi connectivity index (χ4v) is 3.02. The molecule has 0 unspecified atom stereocenters. The zero-order valence-corrected chi connectivity index (χ0v) is 10.7. The fraction of sp³-hybridized carbons (Fsp3) is 0.100. The van der Waals surface area contributed by atoms with Gasteiger partial charge in [0.2, 0.25) is 0 Å². The Hall–Kier alpha value is -1.09. The lowest BCUT2D eigenvalue weighted by molar-refractivity contribution is 1.10. The van der Waals surface area contributed by atoms with Gasteiger partial charge in [-0.3, -0.25) is 0 Å². The molecule has 6 heteroatoms. The third kappa shape index (κ3) is 2.53. The van der Waals surface area contributed by atoms with Crippen LogP contribution in [0.3, 0.4) is 0 Å². The standard InChI is InChI=1S/C10H6ClN3S2/c1-6-13-10(16-14-6)15-8-3-2-7(5-12)9(11)4-8/h2-4H,1H3. The molecule has 0 N–H and O–H groups in total. The van der Waals surface area contributed by atoms with Crippen molar-refractivity contribution in [3.63, 3.8) is 0 Å². The lowest BCUT2D eigenvalue weighted by Gasteiger charge is -1.99. The second kappa shape index (κ2) is 4.83. The summed E-state index contributed by atoms with van der Waals surface area (Å²) in [6, 6.07) is 7.35. The van der Waals surface area contributed by atoms with Gasteiger partial charge in [-0.2, -0.15) is 9.64 Å². The highest BCUT2D eigenvalue weighted by molar-refractivity contribution is 8.01. The number of hydrogen-bond acceptors (Lipinski definition) is 5. The predicted molar refractivity (Wildman–Crippen MR) is 64.9 cm³/mol. The van der Waals surface area contributed by atoms with Crippen LogP contribution in [-0.2, 0) is 0 Å². The Labute approximate surface area is 106 Å². The second-order valence-electron chi connectivity index (χ2n) is 2.96. The van der Waals surface area contributed by atoms with Crippen LogP contribution in [0.1, 0.15) is 11.4 Å². The summed E-state index contributed by atoms with van der Waals surface area (Å²) in [5.41, 5.74) is 0.486. The summed E-state index contributed by atoms with van der Waals surface area (Å²) in [4.78, 5) is 5.20. The van der Waals surface area contributed by atoms with Crippen LogP contribution in [0.4, 0.5) is 0 Å². The van der Waals surface area contributed by atoms with Crippen molar-refractivity contribution in [1.29, 1.82) is 5.26 Å². The second-order valence-corrected chi connectivity index (χ2v) is 5.44. The van der Waals surface area contributed by atoms with Gasteiger partial charge >= 0.3 is 0 Å². The van der Waals surface area contributed by atoms with Gasteiger partial charge in [0.05, 0.1) is 10.6 Å². The Kier molecular flexibility index (Phi) is 3.44. The Bertz CT molecular complexity index is 559. The maximum Gasteiger partial charge on any atom is 0.174 e. The molecule has 2 aromatic rings. The third-order valence-corrected chi connectivity index (χ3v) is 3.92. The minimum atomic E-state index is 0.466. The van der Waals surface area contributed by atoms with Crippen LogP contribution >= 0.6 is 34.9 Å². The van der Waals surface area contributed by atoms with Gasteiger partial charge in [-0.25, -0.2) is 4.98 Å². The number of hydrogen-bond donors (Lipinski definition) is 0. The van der Waals surface area contributed by atoms with Crippen molar-refractivity contribution in [3.05, 3.63) is 34.6 Å². The molecule has 2 rings (SSSR count). The van der Waals surface area contributed by atoms with Gasteiger partial charge in [0.15, 0.2) is 4.34 Å². The number of aromatic nitrogens is 2. The Morgan fingerprint density at radius 3 is 2.88 bits per heavy atom. The molecule has 80 valence electrons. The highest BCUT2D eigenvalue weighted by Crippen LogP contribution is 2.31. The van der Waals surface area contributed by atoms with E-state index in [9.17, 15) is 0 Å². The number of nitriles is 1. The van der Waals surface area contributed by atoms with Crippen LogP contribution in [-0.4, -0.2) is 9.36 Å². The number of benzene rings is 1. The van der Waals surface area contributed by atoms with Crippen molar-refractivity contribution in [2.75, 3.05) is 0 Å². The van der Waals surface area contributed by atoms with E-state index < -0.39 is 0 Å². The molecular weight excluding hydrogens is 262 g/mol. The number of rotatable bonds is 2. The molecule has 1 heterocycles. The molecule has 0 atom stereocenters. The normalized spacial score (nSPS) is 10.1. The number of halogens is 1. The van der Waals surface area contributed by atoms with E-state index in [0.29, 0.717) is 10.6 Å². The van der Waals surface area contributed by atoms with Crippen molar-refractivity contribution in [3.8, 4) is 6.07 Å². The topological polar surface area (TPSA) is 49.6 Å². The van der Waals surface area contributed by atoms with Crippen LogP contribution in [0, 0.1) is 18.3 Å². The van der Waals surface area contributed by atoms with E-state index >= 15 is 0 Å². The first kappa shape index (κ1) is 11.4. The van der Waals surface area contributed by atoms with Gasteiger partial charge in [-0.1, -0.05) is 23.4 Å². The first-order valence-corrected chi connectivity index (χ1v) is 6.33. The monoisotopic (exact) mass is 267 g/mol. The van der Waals surface area contributed by atoms with Gasteiger partial charge in [0.25, 0.3) is 0 Å². The molecule has 1 aromatic carbocycles. The first-order valence-electron chi connectivity index (χ1n) is 4.37. The van der Waals surface area contributed by atoms with E-state index in [-0.39, 0.29) is 0 Å². The van der Waals surface area contributed by atoms with E-state index in [4.69, 9.17) is 16.9 Å². The van der Waals surface area contributed by atoms with E-state index in [1.54, 1.807) is 12.1 Å². The zero-order valence-electron chi connectivity index (χ0n) is 8.27. The average Bonchev–Trinajstić information content (AvgIpc) is 2.64. The largest absolute Gasteiger partial charge is 0.213 e. The Balaban J connectivity index is 2.23. The minimum Gasteiger partial charge on any atom is -0.213 e. The molecule has 3 nitrogen and oxygen atoms in total. The summed E-state index contributed by atoms with van der Waals surface area (Å²) in [5.74, 6) is 0.771. The quantitative estimate of drug-likeness (QED) is 0.835. The van der Waals surface area contributed by atoms with Gasteiger partial charge in [-0.15, -0.1) is 0 Å². The lowest BCUT2D eigenvalue weighted by Crippen LogP contribution is -1.79. The summed E-state index contributed by atoms with van der Waals surface area (Å²) >= 11 is 8.78. The summed E-state index contributed by atoms with van der Waals surface area (Å²) in [5, 5.41) is 9.21. The van der Waals surface area contributed by atoms with Crippen molar-refractivity contribution < 1.29 is 0 Å². The van der Waals surface area contributed by atoms with Gasteiger partial charge < -0.3 is 0 Å². The third-order valence-electron chi connectivity index (χ3n) is 1.78. The van der Waals surface area contributed by atoms with Crippen molar-refractivity contribution >= 4 is 34.9 Å². The lowest BCUT2D eigenvalue weighted by atomic mass is 10.2. The Morgan fingerprint density at radius 2 is 2.31 bits per heavy atom. The molecule has 0 bridgehead atoms. The fourth-order valence-electron chi connectivity index (χ4n) is 1.07. The molecular formula is C10H6ClN3S2. The van der Waals surface area contributed by atoms with E-state index in [1.165, 1.54) is 23.3 Å². The highest BCUT2D eigenvalue weighted by atomic mass is 35.5. The van der Waals surface area contributed by atoms with Crippen molar-refractivity contribution in [2.45, 2.75) is 16.2 Å². The summed E-state index contributed by atoms with van der Waals surface area (Å²) in [6.07, 6.45) is 0. The van der Waals surface area contributed by atoms with Gasteiger partial charge in [-0.05, 0) is 36.7 Å². The maximum absolute atomic E-state index is 8.74. The molecule has 0 spiro atoms. The molecule has 0 saturated carbocycles. The molecule has 0 fully saturated rings. The molecule has 0 aliphatic carbocycles. The smallest absolute Gasteiger partial charge is 0.174 e. The van der Waals surface area contributed by atoms with Gasteiger partial charge in [0, 0.05) is 4.90 Å². The van der Waals surface area contributed by atoms with E-state index in [0.717, 1.165) is 15.1 Å². The molecule has 0 aliphatic heterocycles. The minimum absolute atomic E-state index is 0.466. The van der Waals surface area contributed by atoms with Crippen molar-refractivity contribution in [2.24, 2.45) is 0 Å². The number of aryl methyl sites for hydroxylation is 1. The predicted octanol–water partition coefficient (Wildman–Crippen LogP) is 3.52. The van der Waals surface area contributed by atoms with Gasteiger partial charge in [0.1, 0.15) is 11.9 Å².